The van der Waals surface area contributed by atoms with Gasteiger partial charge in [0.15, 0.2) is 0 Å². The highest BCUT2D eigenvalue weighted by molar-refractivity contribution is 5.82. The molecule has 0 aromatic heterocycles. The molecule has 1 unspecified atom stereocenters. The zero-order chi connectivity index (χ0) is 15.5. The van der Waals surface area contributed by atoms with Crippen LogP contribution in [0.25, 0.3) is 0 Å². The highest BCUT2D eigenvalue weighted by atomic mass is 16.2. The van der Waals surface area contributed by atoms with Gasteiger partial charge in [0.1, 0.15) is 5.92 Å². The Morgan fingerprint density at radius 1 is 1.19 bits per heavy atom. The fourth-order valence-electron chi connectivity index (χ4n) is 1.82. The van der Waals surface area contributed by atoms with Crippen molar-refractivity contribution in [1.82, 2.24) is 10.6 Å². The summed E-state index contributed by atoms with van der Waals surface area (Å²) in [6, 6.07) is 11.4. The SMILES string of the molecule is CCCNC(=O)CCNC(=O)C(C#N)Cc1ccccc1. The second-order valence-corrected chi connectivity index (χ2v) is 4.76. The van der Waals surface area contributed by atoms with E-state index in [1.807, 2.05) is 43.3 Å². The van der Waals surface area contributed by atoms with Crippen LogP contribution in [0.2, 0.25) is 0 Å². The molecular weight excluding hydrogens is 266 g/mol. The molecule has 1 atom stereocenters. The summed E-state index contributed by atoms with van der Waals surface area (Å²) in [5.74, 6) is -1.15. The predicted octanol–water partition coefficient (Wildman–Crippen LogP) is 1.40. The molecule has 1 aromatic carbocycles. The molecule has 0 saturated carbocycles. The average Bonchev–Trinajstić information content (AvgIpc) is 2.51. The van der Waals surface area contributed by atoms with Crippen molar-refractivity contribution >= 4 is 11.8 Å². The molecule has 0 fully saturated rings. The van der Waals surface area contributed by atoms with Crippen LogP contribution in [0.15, 0.2) is 30.3 Å². The number of nitrogens with one attached hydrogen (secondary N) is 2. The van der Waals surface area contributed by atoms with E-state index in [4.69, 9.17) is 5.26 Å². The molecule has 2 N–H and O–H groups in total. The van der Waals surface area contributed by atoms with E-state index in [-0.39, 0.29) is 24.8 Å². The van der Waals surface area contributed by atoms with Crippen molar-refractivity contribution in [2.24, 2.45) is 5.92 Å². The largest absolute Gasteiger partial charge is 0.356 e. The van der Waals surface area contributed by atoms with Gasteiger partial charge in [-0.25, -0.2) is 0 Å². The molecule has 1 rings (SSSR count). The fourth-order valence-corrected chi connectivity index (χ4v) is 1.82. The minimum atomic E-state index is -0.730. The van der Waals surface area contributed by atoms with E-state index in [0.717, 1.165) is 12.0 Å². The Morgan fingerprint density at radius 3 is 2.52 bits per heavy atom. The first-order valence-electron chi connectivity index (χ1n) is 7.15. The van der Waals surface area contributed by atoms with E-state index in [0.29, 0.717) is 13.0 Å². The van der Waals surface area contributed by atoms with Crippen molar-refractivity contribution in [1.29, 1.82) is 5.26 Å². The quantitative estimate of drug-likeness (QED) is 0.758. The Morgan fingerprint density at radius 2 is 1.90 bits per heavy atom. The molecule has 0 saturated heterocycles. The molecule has 112 valence electrons. The summed E-state index contributed by atoms with van der Waals surface area (Å²) in [6.45, 7) is 2.87. The molecular formula is C16H21N3O2. The molecule has 1 aromatic rings. The third-order valence-electron chi connectivity index (χ3n) is 2.98. The van der Waals surface area contributed by atoms with E-state index >= 15 is 0 Å². The van der Waals surface area contributed by atoms with Gasteiger partial charge < -0.3 is 10.6 Å². The molecule has 5 heteroatoms. The number of hydrogen-bond donors (Lipinski definition) is 2. The first-order valence-corrected chi connectivity index (χ1v) is 7.15. The van der Waals surface area contributed by atoms with Crippen LogP contribution in [0.5, 0.6) is 0 Å². The van der Waals surface area contributed by atoms with Gasteiger partial charge in [0.05, 0.1) is 6.07 Å². The van der Waals surface area contributed by atoms with Crippen molar-refractivity contribution in [3.05, 3.63) is 35.9 Å². The fraction of sp³-hybridized carbons (Fsp3) is 0.438. The third kappa shape index (κ3) is 6.57. The summed E-state index contributed by atoms with van der Waals surface area (Å²) in [4.78, 5) is 23.3. The zero-order valence-electron chi connectivity index (χ0n) is 12.3. The van der Waals surface area contributed by atoms with Crippen molar-refractivity contribution in [3.8, 4) is 6.07 Å². The van der Waals surface area contributed by atoms with Crippen LogP contribution in [-0.2, 0) is 16.0 Å². The van der Waals surface area contributed by atoms with Crippen LogP contribution in [0.4, 0.5) is 0 Å². The maximum absolute atomic E-state index is 11.9. The maximum atomic E-state index is 11.9. The Labute approximate surface area is 125 Å². The number of nitriles is 1. The molecule has 2 amide bonds. The van der Waals surface area contributed by atoms with E-state index in [9.17, 15) is 9.59 Å². The Hall–Kier alpha value is -2.35. The third-order valence-corrected chi connectivity index (χ3v) is 2.98. The lowest BCUT2D eigenvalue weighted by Crippen LogP contribution is -2.34. The van der Waals surface area contributed by atoms with Crippen molar-refractivity contribution in [2.75, 3.05) is 13.1 Å². The lowest BCUT2D eigenvalue weighted by Gasteiger charge is -2.10. The van der Waals surface area contributed by atoms with E-state index in [2.05, 4.69) is 10.6 Å². The molecule has 0 bridgehead atoms. The van der Waals surface area contributed by atoms with Gasteiger partial charge in [0, 0.05) is 19.5 Å². The number of amides is 2. The van der Waals surface area contributed by atoms with Gasteiger partial charge in [-0.3, -0.25) is 9.59 Å². The highest BCUT2D eigenvalue weighted by Crippen LogP contribution is 2.08. The molecule has 0 aliphatic rings. The molecule has 0 aliphatic carbocycles. The number of benzene rings is 1. The van der Waals surface area contributed by atoms with Crippen molar-refractivity contribution < 1.29 is 9.59 Å². The van der Waals surface area contributed by atoms with Gasteiger partial charge in [-0.15, -0.1) is 0 Å². The van der Waals surface area contributed by atoms with Crippen LogP contribution in [0, 0.1) is 17.2 Å². The monoisotopic (exact) mass is 287 g/mol. The molecule has 21 heavy (non-hydrogen) atoms. The lowest BCUT2D eigenvalue weighted by molar-refractivity contribution is -0.123. The van der Waals surface area contributed by atoms with Crippen LogP contribution in [0.3, 0.4) is 0 Å². The molecule has 0 spiro atoms. The minimum absolute atomic E-state index is 0.0892. The van der Waals surface area contributed by atoms with E-state index in [1.54, 1.807) is 0 Å². The maximum Gasteiger partial charge on any atom is 0.237 e. The Kier molecular flexibility index (Phi) is 7.59. The molecule has 5 nitrogen and oxygen atoms in total. The van der Waals surface area contributed by atoms with Gasteiger partial charge >= 0.3 is 0 Å². The van der Waals surface area contributed by atoms with Gasteiger partial charge in [0.25, 0.3) is 0 Å². The Bertz CT molecular complexity index is 494. The summed E-state index contributed by atoms with van der Waals surface area (Å²) in [5, 5.41) is 14.5. The standard InChI is InChI=1S/C16H21N3O2/c1-2-9-18-15(20)8-10-19-16(21)14(12-17)11-13-6-4-3-5-7-13/h3-7,14H,2,8-11H2,1H3,(H,18,20)(H,19,21). The van der Waals surface area contributed by atoms with E-state index in [1.165, 1.54) is 0 Å². The average molecular weight is 287 g/mol. The normalized spacial score (nSPS) is 11.2. The minimum Gasteiger partial charge on any atom is -0.356 e. The molecule has 0 aliphatic heterocycles. The van der Waals surface area contributed by atoms with Crippen LogP contribution in [0.1, 0.15) is 25.3 Å². The first-order chi connectivity index (χ1) is 10.2. The second-order valence-electron chi connectivity index (χ2n) is 4.76. The van der Waals surface area contributed by atoms with Gasteiger partial charge in [-0.2, -0.15) is 5.26 Å². The second kappa shape index (κ2) is 9.54. The summed E-state index contributed by atoms with van der Waals surface area (Å²) in [5.41, 5.74) is 0.944. The number of nitrogens with zero attached hydrogens (tertiary/aromatic N) is 1. The number of rotatable bonds is 8. The van der Waals surface area contributed by atoms with Crippen LogP contribution < -0.4 is 10.6 Å². The van der Waals surface area contributed by atoms with Crippen molar-refractivity contribution in [3.63, 3.8) is 0 Å². The summed E-state index contributed by atoms with van der Waals surface area (Å²) in [6.07, 6.45) is 1.49. The number of carbonyl (C=O) groups is 2. The topological polar surface area (TPSA) is 82.0 Å². The van der Waals surface area contributed by atoms with Gasteiger partial charge in [0.2, 0.25) is 11.8 Å². The molecule has 0 heterocycles. The smallest absolute Gasteiger partial charge is 0.237 e. The zero-order valence-corrected chi connectivity index (χ0v) is 12.3. The van der Waals surface area contributed by atoms with Crippen LogP contribution >= 0.6 is 0 Å². The van der Waals surface area contributed by atoms with Gasteiger partial charge in [-0.1, -0.05) is 37.3 Å². The number of carbonyl (C=O) groups excluding carboxylic acids is 2. The first kappa shape index (κ1) is 16.7. The van der Waals surface area contributed by atoms with Crippen LogP contribution in [-0.4, -0.2) is 24.9 Å². The molecule has 0 radical (unpaired) electrons. The van der Waals surface area contributed by atoms with Gasteiger partial charge in [-0.05, 0) is 18.4 Å². The predicted molar refractivity (Wildman–Crippen MR) is 80.2 cm³/mol. The van der Waals surface area contributed by atoms with E-state index < -0.39 is 5.92 Å². The van der Waals surface area contributed by atoms with Crippen molar-refractivity contribution in [2.45, 2.75) is 26.2 Å². The highest BCUT2D eigenvalue weighted by Gasteiger charge is 2.18. The summed E-state index contributed by atoms with van der Waals surface area (Å²) in [7, 11) is 0. The Balaban J connectivity index is 2.35. The summed E-state index contributed by atoms with van der Waals surface area (Å²) < 4.78 is 0. The number of hydrogen-bond acceptors (Lipinski definition) is 3. The summed E-state index contributed by atoms with van der Waals surface area (Å²) >= 11 is 0. The lowest BCUT2D eigenvalue weighted by atomic mass is 10.00.